The minimum Gasteiger partial charge on any atom is -0.508 e. The summed E-state index contributed by atoms with van der Waals surface area (Å²) in [4.78, 5) is 12.6. The van der Waals surface area contributed by atoms with Gasteiger partial charge in [0.25, 0.3) is 0 Å². The van der Waals surface area contributed by atoms with Crippen LogP contribution in [0.4, 0.5) is 27.8 Å². The Labute approximate surface area is 274 Å². The molecular formula is C36H35F5N4O3. The van der Waals surface area contributed by atoms with Crippen molar-refractivity contribution in [3.63, 3.8) is 0 Å². The van der Waals surface area contributed by atoms with Crippen LogP contribution in [0.15, 0.2) is 36.4 Å². The smallest absolute Gasteiger partial charge is 0.418 e. The fourth-order valence-electron chi connectivity index (χ4n) is 8.25. The summed E-state index contributed by atoms with van der Waals surface area (Å²) in [6.45, 7) is 0.558. The molecule has 3 heterocycles. The van der Waals surface area contributed by atoms with Crippen LogP contribution in [0.1, 0.15) is 50.5 Å². The first-order chi connectivity index (χ1) is 22.8. The Morgan fingerprint density at radius 3 is 2.56 bits per heavy atom. The number of aliphatic hydroxyl groups is 1. The molecule has 1 aliphatic carbocycles. The predicted octanol–water partition coefficient (Wildman–Crippen LogP) is 6.95. The standard InChI is InChI=1S/C36H35F5N4O3/c1-3-23-27(37)11-8-21-17-22(46)18-26(29(21)23)24-9-10-25-31(30(24)38)42-33(48-20-34-12-4-7-28(34)44(2)15-5-13-34)43-32(25)45-16-6-14-35(47,19-45)36(39,40)41/h1,8-11,17-18,28,46-47H,4-7,12-16,19-20H2,2H3. The Balaban J connectivity index is 1.39. The number of phenolic OH excluding ortho intramolecular Hbond substituents is 1. The van der Waals surface area contributed by atoms with Gasteiger partial charge in [0.2, 0.25) is 0 Å². The summed E-state index contributed by atoms with van der Waals surface area (Å²) in [6, 6.07) is 8.21. The summed E-state index contributed by atoms with van der Waals surface area (Å²) in [6.07, 6.45) is 5.20. The third kappa shape index (κ3) is 5.28. The minimum atomic E-state index is -4.89. The Bertz CT molecular complexity index is 1960. The molecule has 3 aromatic carbocycles. The molecule has 0 bridgehead atoms. The molecule has 2 aliphatic heterocycles. The van der Waals surface area contributed by atoms with Crippen LogP contribution in [0.3, 0.4) is 0 Å². The largest absolute Gasteiger partial charge is 0.508 e. The number of aromatic hydroxyl groups is 1. The third-order valence-electron chi connectivity index (χ3n) is 10.6. The van der Waals surface area contributed by atoms with Gasteiger partial charge in [0.1, 0.15) is 22.9 Å². The number of nitrogens with zero attached hydrogens (tertiary/aromatic N) is 4. The number of rotatable bonds is 5. The van der Waals surface area contributed by atoms with Gasteiger partial charge in [-0.25, -0.2) is 8.78 Å². The van der Waals surface area contributed by atoms with Crippen LogP contribution in [-0.2, 0) is 0 Å². The first kappa shape index (κ1) is 32.3. The molecule has 0 amide bonds. The van der Waals surface area contributed by atoms with Crippen molar-refractivity contribution in [2.75, 3.05) is 38.2 Å². The van der Waals surface area contributed by atoms with Crippen LogP contribution in [0.2, 0.25) is 0 Å². The van der Waals surface area contributed by atoms with Crippen molar-refractivity contribution in [3.8, 4) is 35.2 Å². The molecule has 7 rings (SSSR count). The predicted molar refractivity (Wildman–Crippen MR) is 172 cm³/mol. The van der Waals surface area contributed by atoms with Gasteiger partial charge in [0, 0.05) is 34.3 Å². The SMILES string of the molecule is C#Cc1c(F)ccc2cc(O)cc(-c3ccc4c(N5CCCC(O)(C(F)(F)F)C5)nc(OCC56CCCC5N(C)CCC6)nc4c3F)c12. The molecule has 12 heteroatoms. The van der Waals surface area contributed by atoms with Gasteiger partial charge < -0.3 is 24.7 Å². The number of piperidine rings is 2. The molecular weight excluding hydrogens is 631 g/mol. The van der Waals surface area contributed by atoms with Gasteiger partial charge in [0.15, 0.2) is 11.4 Å². The lowest BCUT2D eigenvalue weighted by molar-refractivity contribution is -0.261. The summed E-state index contributed by atoms with van der Waals surface area (Å²) in [5, 5.41) is 21.9. The van der Waals surface area contributed by atoms with Crippen LogP contribution >= 0.6 is 0 Å². The fourth-order valence-corrected chi connectivity index (χ4v) is 8.25. The topological polar surface area (TPSA) is 82.0 Å². The maximum absolute atomic E-state index is 16.9. The number of ether oxygens (including phenoxy) is 1. The van der Waals surface area contributed by atoms with Crippen LogP contribution in [0.25, 0.3) is 32.8 Å². The minimum absolute atomic E-state index is 0.000171. The maximum atomic E-state index is 16.9. The molecule has 2 saturated heterocycles. The molecule has 3 fully saturated rings. The number of halogens is 5. The van der Waals surface area contributed by atoms with E-state index < -0.39 is 36.4 Å². The zero-order valence-electron chi connectivity index (χ0n) is 26.4. The summed E-state index contributed by atoms with van der Waals surface area (Å²) in [5.74, 6) is 0.544. The Morgan fingerprint density at radius 2 is 1.79 bits per heavy atom. The average Bonchev–Trinajstić information content (AvgIpc) is 3.49. The molecule has 1 aromatic heterocycles. The number of likely N-dealkylation sites (tertiary alicyclic amines) is 1. The van der Waals surface area contributed by atoms with E-state index in [1.165, 1.54) is 41.3 Å². The number of β-amino-alcohol motifs (C(OH)–C–C–N with tert-alkyl or cyclic N) is 1. The zero-order chi connectivity index (χ0) is 34.0. The molecule has 1 saturated carbocycles. The number of benzene rings is 3. The van der Waals surface area contributed by atoms with E-state index in [9.17, 15) is 27.8 Å². The molecule has 48 heavy (non-hydrogen) atoms. The second kappa shape index (κ2) is 11.7. The van der Waals surface area contributed by atoms with Gasteiger partial charge in [-0.2, -0.15) is 23.1 Å². The first-order valence-electron chi connectivity index (χ1n) is 16.1. The van der Waals surface area contributed by atoms with E-state index in [0.717, 1.165) is 38.6 Å². The Kier molecular flexibility index (Phi) is 7.91. The maximum Gasteiger partial charge on any atom is 0.418 e. The molecule has 0 spiro atoms. The highest BCUT2D eigenvalue weighted by atomic mass is 19.4. The highest BCUT2D eigenvalue weighted by Crippen LogP contribution is 2.48. The summed E-state index contributed by atoms with van der Waals surface area (Å²) < 4.78 is 79.9. The van der Waals surface area contributed by atoms with Gasteiger partial charge >= 0.3 is 12.2 Å². The summed E-state index contributed by atoms with van der Waals surface area (Å²) in [5.41, 5.74) is -3.44. The number of phenols is 1. The lowest BCUT2D eigenvalue weighted by Crippen LogP contribution is -2.57. The molecule has 7 nitrogen and oxygen atoms in total. The molecule has 4 aromatic rings. The number of anilines is 1. The van der Waals surface area contributed by atoms with Gasteiger partial charge in [-0.05, 0) is 87.3 Å². The Morgan fingerprint density at radius 1 is 1.02 bits per heavy atom. The van der Waals surface area contributed by atoms with Crippen molar-refractivity contribution in [2.24, 2.45) is 5.41 Å². The van der Waals surface area contributed by atoms with Crippen LogP contribution < -0.4 is 9.64 Å². The van der Waals surface area contributed by atoms with Crippen molar-refractivity contribution in [1.82, 2.24) is 14.9 Å². The van der Waals surface area contributed by atoms with Gasteiger partial charge in [-0.1, -0.05) is 24.5 Å². The van der Waals surface area contributed by atoms with Crippen LogP contribution in [-0.4, -0.2) is 76.2 Å². The summed E-state index contributed by atoms with van der Waals surface area (Å²) >= 11 is 0. The van der Waals surface area contributed by atoms with Crippen molar-refractivity contribution in [2.45, 2.75) is 62.8 Å². The first-order valence-corrected chi connectivity index (χ1v) is 16.1. The number of alkyl halides is 3. The number of terminal acetylenes is 1. The fraction of sp³-hybridized carbons (Fsp3) is 0.444. The quantitative estimate of drug-likeness (QED) is 0.176. The second-order valence-electron chi connectivity index (χ2n) is 13.5. The third-order valence-corrected chi connectivity index (χ3v) is 10.6. The lowest BCUT2D eigenvalue weighted by Gasteiger charge is -2.44. The second-order valence-corrected chi connectivity index (χ2v) is 13.5. The van der Waals surface area contributed by atoms with Crippen LogP contribution in [0.5, 0.6) is 11.8 Å². The molecule has 3 atom stereocenters. The van der Waals surface area contributed by atoms with E-state index in [2.05, 4.69) is 27.8 Å². The number of fused-ring (bicyclic) bond motifs is 3. The lowest BCUT2D eigenvalue weighted by atomic mass is 9.76. The molecule has 0 radical (unpaired) electrons. The number of hydrogen-bond acceptors (Lipinski definition) is 7. The normalized spacial score (nSPS) is 25.0. The van der Waals surface area contributed by atoms with Crippen molar-refractivity contribution in [3.05, 3.63) is 53.6 Å². The van der Waals surface area contributed by atoms with Gasteiger partial charge in [-0.15, -0.1) is 6.42 Å². The highest BCUT2D eigenvalue weighted by molar-refractivity contribution is 6.04. The average molecular weight is 667 g/mol. The molecule has 3 aliphatic rings. The van der Waals surface area contributed by atoms with E-state index in [1.54, 1.807) is 0 Å². The van der Waals surface area contributed by atoms with Crippen molar-refractivity contribution >= 4 is 27.5 Å². The van der Waals surface area contributed by atoms with Crippen molar-refractivity contribution < 1.29 is 36.9 Å². The molecule has 252 valence electrons. The highest BCUT2D eigenvalue weighted by Gasteiger charge is 2.55. The molecule has 3 unspecified atom stereocenters. The van der Waals surface area contributed by atoms with E-state index in [-0.39, 0.29) is 75.5 Å². The number of aromatic nitrogens is 2. The zero-order valence-corrected chi connectivity index (χ0v) is 26.4. The Hall–Kier alpha value is -4.21. The van der Waals surface area contributed by atoms with E-state index in [0.29, 0.717) is 11.4 Å². The summed E-state index contributed by atoms with van der Waals surface area (Å²) in [7, 11) is 2.09. The monoisotopic (exact) mass is 666 g/mol. The number of hydrogen-bond donors (Lipinski definition) is 2. The van der Waals surface area contributed by atoms with Gasteiger partial charge in [-0.3, -0.25) is 0 Å². The van der Waals surface area contributed by atoms with E-state index in [1.807, 2.05) is 0 Å². The van der Waals surface area contributed by atoms with Gasteiger partial charge in [0.05, 0.1) is 18.7 Å². The van der Waals surface area contributed by atoms with Crippen LogP contribution in [0, 0.1) is 29.4 Å². The van der Waals surface area contributed by atoms with Crippen molar-refractivity contribution in [1.29, 1.82) is 0 Å². The molecule has 2 N–H and O–H groups in total. The van der Waals surface area contributed by atoms with E-state index in [4.69, 9.17) is 11.2 Å². The van der Waals surface area contributed by atoms with E-state index >= 15 is 4.39 Å².